The second-order valence-corrected chi connectivity index (χ2v) is 8.26. The molecule has 5 nitrogen and oxygen atoms in total. The Bertz CT molecular complexity index is 909. The molecule has 29 heavy (non-hydrogen) atoms. The van der Waals surface area contributed by atoms with E-state index in [1.54, 1.807) is 11.0 Å². The smallest absolute Gasteiger partial charge is 0.253 e. The largest absolute Gasteiger partial charge is 0.336 e. The molecule has 0 saturated carbocycles. The van der Waals surface area contributed by atoms with Crippen molar-refractivity contribution >= 4 is 40.7 Å². The molecule has 2 saturated heterocycles. The summed E-state index contributed by atoms with van der Waals surface area (Å²) in [5.74, 6) is 0.185. The van der Waals surface area contributed by atoms with Gasteiger partial charge in [-0.15, -0.1) is 0 Å². The number of hydrogen-bond donors (Lipinski definition) is 0. The molecule has 0 spiro atoms. The number of halogens is 2. The molecule has 0 bridgehead atoms. The maximum absolute atomic E-state index is 12.8. The van der Waals surface area contributed by atoms with Crippen molar-refractivity contribution < 1.29 is 9.59 Å². The number of hydrogen-bond acceptors (Lipinski definition) is 3. The minimum absolute atomic E-state index is 0.0322. The zero-order valence-corrected chi connectivity index (χ0v) is 17.6. The maximum Gasteiger partial charge on any atom is 0.253 e. The maximum atomic E-state index is 12.8. The molecule has 2 aliphatic heterocycles. The Hall–Kier alpha value is -2.08. The molecule has 2 heterocycles. The lowest BCUT2D eigenvalue weighted by molar-refractivity contribution is -0.117. The molecule has 4 rings (SSSR count). The molecule has 2 fully saturated rings. The Morgan fingerprint density at radius 1 is 0.931 bits per heavy atom. The Balaban J connectivity index is 1.34. The average Bonchev–Trinajstić information content (AvgIpc) is 3.17. The van der Waals surface area contributed by atoms with Gasteiger partial charge in [-0.25, -0.2) is 0 Å². The number of benzene rings is 2. The van der Waals surface area contributed by atoms with Crippen LogP contribution in [-0.4, -0.2) is 54.3 Å². The number of piperazine rings is 1. The van der Waals surface area contributed by atoms with Crippen molar-refractivity contribution in [2.45, 2.75) is 19.4 Å². The Labute approximate surface area is 180 Å². The normalized spacial score (nSPS) is 17.8. The van der Waals surface area contributed by atoms with Gasteiger partial charge in [-0.2, -0.15) is 0 Å². The first-order chi connectivity index (χ1) is 14.0. The van der Waals surface area contributed by atoms with Crippen LogP contribution in [0.5, 0.6) is 0 Å². The molecule has 2 aromatic rings. The van der Waals surface area contributed by atoms with Crippen LogP contribution in [0.15, 0.2) is 42.5 Å². The highest BCUT2D eigenvalue weighted by molar-refractivity contribution is 6.42. The molecule has 2 aliphatic rings. The molecule has 0 N–H and O–H groups in total. The number of carbonyl (C=O) groups is 2. The highest BCUT2D eigenvalue weighted by atomic mass is 35.5. The molecule has 2 amide bonds. The van der Waals surface area contributed by atoms with Crippen molar-refractivity contribution in [3.8, 4) is 0 Å². The number of rotatable bonds is 4. The first-order valence-corrected chi connectivity index (χ1v) is 10.6. The Morgan fingerprint density at radius 3 is 2.31 bits per heavy atom. The summed E-state index contributed by atoms with van der Waals surface area (Å²) in [5, 5.41) is 1.17. The second-order valence-electron chi connectivity index (χ2n) is 7.48. The van der Waals surface area contributed by atoms with Gasteiger partial charge in [0.1, 0.15) is 0 Å². The van der Waals surface area contributed by atoms with E-state index in [0.29, 0.717) is 35.1 Å². The number of anilines is 1. The summed E-state index contributed by atoms with van der Waals surface area (Å²) >= 11 is 12.4. The average molecular weight is 432 g/mol. The highest BCUT2D eigenvalue weighted by Crippen LogP contribution is 2.27. The van der Waals surface area contributed by atoms with Crippen LogP contribution in [0.4, 0.5) is 5.69 Å². The zero-order chi connectivity index (χ0) is 20.4. The van der Waals surface area contributed by atoms with E-state index in [2.05, 4.69) is 4.90 Å². The first kappa shape index (κ1) is 20.2. The SMILES string of the molecule is O=C(c1ccc(N2CCCC2=O)cc1)N1CCN(Cc2cccc(Cl)c2Cl)CC1. The molecule has 152 valence electrons. The van der Waals surface area contributed by atoms with Gasteiger partial charge in [0.15, 0.2) is 0 Å². The molecular weight excluding hydrogens is 409 g/mol. The number of amides is 2. The van der Waals surface area contributed by atoms with Gasteiger partial charge in [0, 0.05) is 56.9 Å². The summed E-state index contributed by atoms with van der Waals surface area (Å²) in [5.41, 5.74) is 2.53. The van der Waals surface area contributed by atoms with E-state index in [1.165, 1.54) is 0 Å². The fourth-order valence-electron chi connectivity index (χ4n) is 3.91. The third kappa shape index (κ3) is 4.42. The van der Waals surface area contributed by atoms with Crippen molar-refractivity contribution in [2.75, 3.05) is 37.6 Å². The van der Waals surface area contributed by atoms with Crippen LogP contribution in [0, 0.1) is 0 Å². The summed E-state index contributed by atoms with van der Waals surface area (Å²) in [6.45, 7) is 4.39. The lowest BCUT2D eigenvalue weighted by Crippen LogP contribution is -2.48. The van der Waals surface area contributed by atoms with E-state index in [-0.39, 0.29) is 11.8 Å². The van der Waals surface area contributed by atoms with E-state index in [9.17, 15) is 9.59 Å². The lowest BCUT2D eigenvalue weighted by atomic mass is 10.1. The van der Waals surface area contributed by atoms with Gasteiger partial charge in [0.2, 0.25) is 5.91 Å². The van der Waals surface area contributed by atoms with Gasteiger partial charge < -0.3 is 9.80 Å². The summed E-state index contributed by atoms with van der Waals surface area (Å²) in [4.78, 5) is 30.7. The molecule has 7 heteroatoms. The van der Waals surface area contributed by atoms with Gasteiger partial charge in [-0.1, -0.05) is 35.3 Å². The molecule has 0 unspecified atom stereocenters. The molecule has 2 aromatic carbocycles. The van der Waals surface area contributed by atoms with Crippen molar-refractivity contribution in [3.63, 3.8) is 0 Å². The monoisotopic (exact) mass is 431 g/mol. The standard InChI is InChI=1S/C22H23Cl2N3O2/c23-19-4-1-3-17(21(19)24)15-25-11-13-26(14-12-25)22(29)16-6-8-18(9-7-16)27-10-2-5-20(27)28/h1,3-4,6-9H,2,5,10-15H2. The zero-order valence-electron chi connectivity index (χ0n) is 16.1. The summed E-state index contributed by atoms with van der Waals surface area (Å²) in [7, 11) is 0. The second kappa shape index (κ2) is 8.74. The van der Waals surface area contributed by atoms with E-state index in [1.807, 2.05) is 41.3 Å². The minimum atomic E-state index is 0.0322. The third-order valence-corrected chi connectivity index (χ3v) is 6.44. The lowest BCUT2D eigenvalue weighted by Gasteiger charge is -2.35. The number of carbonyl (C=O) groups excluding carboxylic acids is 2. The molecular formula is C22H23Cl2N3O2. The van der Waals surface area contributed by atoms with E-state index < -0.39 is 0 Å². The highest BCUT2D eigenvalue weighted by Gasteiger charge is 2.24. The van der Waals surface area contributed by atoms with Gasteiger partial charge in [0.05, 0.1) is 10.0 Å². The van der Waals surface area contributed by atoms with Crippen molar-refractivity contribution in [1.29, 1.82) is 0 Å². The van der Waals surface area contributed by atoms with Crippen LogP contribution in [0.25, 0.3) is 0 Å². The Kier molecular flexibility index (Phi) is 6.09. The van der Waals surface area contributed by atoms with E-state index in [0.717, 1.165) is 43.9 Å². The van der Waals surface area contributed by atoms with Crippen molar-refractivity contribution in [3.05, 3.63) is 63.6 Å². The van der Waals surface area contributed by atoms with Crippen LogP contribution in [0.3, 0.4) is 0 Å². The van der Waals surface area contributed by atoms with E-state index in [4.69, 9.17) is 23.2 Å². The van der Waals surface area contributed by atoms with Gasteiger partial charge in [0.25, 0.3) is 5.91 Å². The number of nitrogens with zero attached hydrogens (tertiary/aromatic N) is 3. The molecule has 0 aliphatic carbocycles. The van der Waals surface area contributed by atoms with Gasteiger partial charge in [-0.3, -0.25) is 14.5 Å². The van der Waals surface area contributed by atoms with Crippen LogP contribution in [-0.2, 0) is 11.3 Å². The quantitative estimate of drug-likeness (QED) is 0.732. The van der Waals surface area contributed by atoms with Crippen LogP contribution >= 0.6 is 23.2 Å². The first-order valence-electron chi connectivity index (χ1n) is 9.88. The fourth-order valence-corrected chi connectivity index (χ4v) is 4.29. The van der Waals surface area contributed by atoms with Gasteiger partial charge >= 0.3 is 0 Å². The van der Waals surface area contributed by atoms with Crippen molar-refractivity contribution in [1.82, 2.24) is 9.80 Å². The van der Waals surface area contributed by atoms with Crippen LogP contribution in [0.1, 0.15) is 28.8 Å². The predicted octanol–water partition coefficient (Wildman–Crippen LogP) is 4.08. The molecule has 0 radical (unpaired) electrons. The predicted molar refractivity (Wildman–Crippen MR) is 116 cm³/mol. The van der Waals surface area contributed by atoms with Crippen molar-refractivity contribution in [2.24, 2.45) is 0 Å². The summed E-state index contributed by atoms with van der Waals surface area (Å²) < 4.78 is 0. The molecule has 0 atom stereocenters. The van der Waals surface area contributed by atoms with E-state index >= 15 is 0 Å². The Morgan fingerprint density at radius 2 is 1.66 bits per heavy atom. The van der Waals surface area contributed by atoms with Gasteiger partial charge in [-0.05, 0) is 42.3 Å². The molecule has 0 aromatic heterocycles. The minimum Gasteiger partial charge on any atom is -0.336 e. The summed E-state index contributed by atoms with van der Waals surface area (Å²) in [6, 6.07) is 13.1. The third-order valence-electron chi connectivity index (χ3n) is 5.58. The topological polar surface area (TPSA) is 43.9 Å². The van der Waals surface area contributed by atoms with Crippen LogP contribution < -0.4 is 4.90 Å². The van der Waals surface area contributed by atoms with Crippen LogP contribution in [0.2, 0.25) is 10.0 Å². The fraction of sp³-hybridized carbons (Fsp3) is 0.364. The summed E-state index contributed by atoms with van der Waals surface area (Å²) in [6.07, 6.45) is 1.50.